The van der Waals surface area contributed by atoms with Crippen molar-refractivity contribution in [3.63, 3.8) is 0 Å². The van der Waals surface area contributed by atoms with Crippen LogP contribution < -0.4 is 0 Å². The van der Waals surface area contributed by atoms with Gasteiger partial charge in [-0.25, -0.2) is 4.39 Å². The van der Waals surface area contributed by atoms with Gasteiger partial charge < -0.3 is 0 Å². The Morgan fingerprint density at radius 2 is 1.80 bits per heavy atom. The molecular formula is C17H26FNO. The summed E-state index contributed by atoms with van der Waals surface area (Å²) in [5.41, 5.74) is 0.201. The summed E-state index contributed by atoms with van der Waals surface area (Å²) >= 11 is 0. The van der Waals surface area contributed by atoms with Crippen LogP contribution in [0.2, 0.25) is 0 Å². The molecule has 0 saturated heterocycles. The molecule has 0 amide bonds. The van der Waals surface area contributed by atoms with Gasteiger partial charge in [0.05, 0.1) is 12.1 Å². The SMILES string of the molecule is CCC(CC)N(CC(=O)c1ccccc1F)CC(C)C. The van der Waals surface area contributed by atoms with E-state index in [-0.39, 0.29) is 11.3 Å². The maximum Gasteiger partial charge on any atom is 0.179 e. The van der Waals surface area contributed by atoms with Gasteiger partial charge in [0.25, 0.3) is 0 Å². The third-order valence-corrected chi connectivity index (χ3v) is 3.58. The second kappa shape index (κ2) is 8.15. The number of nitrogens with zero attached hydrogens (tertiary/aromatic N) is 1. The normalized spacial score (nSPS) is 11.6. The minimum Gasteiger partial charge on any atom is -0.293 e. The van der Waals surface area contributed by atoms with Crippen molar-refractivity contribution in [2.75, 3.05) is 13.1 Å². The van der Waals surface area contributed by atoms with Crippen LogP contribution in [0.15, 0.2) is 24.3 Å². The summed E-state index contributed by atoms with van der Waals surface area (Å²) in [4.78, 5) is 14.5. The molecule has 0 saturated carbocycles. The summed E-state index contributed by atoms with van der Waals surface area (Å²) in [6.45, 7) is 9.72. The van der Waals surface area contributed by atoms with Gasteiger partial charge in [-0.2, -0.15) is 0 Å². The van der Waals surface area contributed by atoms with Gasteiger partial charge >= 0.3 is 0 Å². The molecule has 0 aliphatic carbocycles. The summed E-state index contributed by atoms with van der Waals surface area (Å²) < 4.78 is 13.7. The van der Waals surface area contributed by atoms with Crippen LogP contribution in [0, 0.1) is 11.7 Å². The number of ketones is 1. The van der Waals surface area contributed by atoms with E-state index in [4.69, 9.17) is 0 Å². The first-order valence-corrected chi connectivity index (χ1v) is 7.51. The van der Waals surface area contributed by atoms with Crippen LogP contribution >= 0.6 is 0 Å². The lowest BCUT2D eigenvalue weighted by atomic mass is 10.0. The molecule has 0 radical (unpaired) electrons. The van der Waals surface area contributed by atoms with E-state index in [2.05, 4.69) is 32.6 Å². The highest BCUT2D eigenvalue weighted by atomic mass is 19.1. The predicted octanol–water partition coefficient (Wildman–Crippen LogP) is 4.16. The molecule has 0 unspecified atom stereocenters. The molecule has 0 bridgehead atoms. The van der Waals surface area contributed by atoms with Crippen molar-refractivity contribution in [2.45, 2.75) is 46.6 Å². The number of carbonyl (C=O) groups excluding carboxylic acids is 1. The highest BCUT2D eigenvalue weighted by Crippen LogP contribution is 2.14. The second-order valence-electron chi connectivity index (χ2n) is 5.70. The van der Waals surface area contributed by atoms with E-state index < -0.39 is 5.82 Å². The topological polar surface area (TPSA) is 20.3 Å². The molecule has 0 N–H and O–H groups in total. The number of hydrogen-bond donors (Lipinski definition) is 0. The number of hydrogen-bond acceptors (Lipinski definition) is 2. The van der Waals surface area contributed by atoms with Crippen molar-refractivity contribution >= 4 is 5.78 Å². The first-order chi connectivity index (χ1) is 9.49. The Labute approximate surface area is 122 Å². The lowest BCUT2D eigenvalue weighted by Gasteiger charge is -2.31. The van der Waals surface area contributed by atoms with E-state index in [0.717, 1.165) is 19.4 Å². The first kappa shape index (κ1) is 16.8. The van der Waals surface area contributed by atoms with Gasteiger partial charge in [-0.05, 0) is 30.9 Å². The molecule has 0 fully saturated rings. The van der Waals surface area contributed by atoms with Gasteiger partial charge in [0.2, 0.25) is 0 Å². The smallest absolute Gasteiger partial charge is 0.179 e. The zero-order valence-electron chi connectivity index (χ0n) is 13.0. The molecule has 20 heavy (non-hydrogen) atoms. The molecule has 0 heterocycles. The van der Waals surface area contributed by atoms with Gasteiger partial charge in [-0.1, -0.05) is 39.8 Å². The third-order valence-electron chi connectivity index (χ3n) is 3.58. The molecule has 1 rings (SSSR count). The lowest BCUT2D eigenvalue weighted by molar-refractivity contribution is 0.0862. The average molecular weight is 279 g/mol. The molecule has 1 aromatic rings. The Bertz CT molecular complexity index is 427. The molecule has 2 nitrogen and oxygen atoms in total. The maximum atomic E-state index is 13.7. The van der Waals surface area contributed by atoms with Crippen molar-refractivity contribution in [1.82, 2.24) is 4.90 Å². The zero-order valence-corrected chi connectivity index (χ0v) is 13.0. The minimum absolute atomic E-state index is 0.129. The van der Waals surface area contributed by atoms with Crippen molar-refractivity contribution in [1.29, 1.82) is 0 Å². The summed E-state index contributed by atoms with van der Waals surface area (Å²) in [6.07, 6.45) is 2.02. The van der Waals surface area contributed by atoms with E-state index in [0.29, 0.717) is 18.5 Å². The summed E-state index contributed by atoms with van der Waals surface area (Å²) in [5, 5.41) is 0. The minimum atomic E-state index is -0.424. The Morgan fingerprint density at radius 3 is 2.30 bits per heavy atom. The summed E-state index contributed by atoms with van der Waals surface area (Å²) in [7, 11) is 0. The van der Waals surface area contributed by atoms with Crippen molar-refractivity contribution in [3.05, 3.63) is 35.6 Å². The van der Waals surface area contributed by atoms with E-state index in [1.165, 1.54) is 6.07 Å². The standard InChI is InChI=1S/C17H26FNO/c1-5-14(6-2)19(11-13(3)4)12-17(20)15-9-7-8-10-16(15)18/h7-10,13-14H,5-6,11-12H2,1-4H3. The zero-order chi connectivity index (χ0) is 15.1. The van der Waals surface area contributed by atoms with Crippen molar-refractivity contribution < 1.29 is 9.18 Å². The third kappa shape index (κ3) is 4.71. The first-order valence-electron chi connectivity index (χ1n) is 7.51. The molecule has 1 aromatic carbocycles. The fourth-order valence-electron chi connectivity index (χ4n) is 2.57. The van der Waals surface area contributed by atoms with Crippen LogP contribution in [0.4, 0.5) is 4.39 Å². The van der Waals surface area contributed by atoms with Crippen LogP contribution in [0.1, 0.15) is 50.9 Å². The van der Waals surface area contributed by atoms with E-state index in [1.54, 1.807) is 18.2 Å². The maximum absolute atomic E-state index is 13.7. The molecule has 0 atom stereocenters. The summed E-state index contributed by atoms with van der Waals surface area (Å²) in [5.74, 6) is -0.0637. The largest absolute Gasteiger partial charge is 0.293 e. The number of Topliss-reactive ketones (excluding diaryl/α,β-unsaturated/α-hetero) is 1. The van der Waals surface area contributed by atoms with Crippen molar-refractivity contribution in [3.8, 4) is 0 Å². The Hall–Kier alpha value is -1.22. The van der Waals surface area contributed by atoms with Crippen LogP contribution in [0.5, 0.6) is 0 Å². The quantitative estimate of drug-likeness (QED) is 0.666. The number of halogens is 1. The molecule has 0 aromatic heterocycles. The molecular weight excluding hydrogens is 253 g/mol. The van der Waals surface area contributed by atoms with Crippen molar-refractivity contribution in [2.24, 2.45) is 5.92 Å². The van der Waals surface area contributed by atoms with Crippen LogP contribution in [0.25, 0.3) is 0 Å². The summed E-state index contributed by atoms with van der Waals surface area (Å²) in [6, 6.07) is 6.61. The van der Waals surface area contributed by atoms with E-state index >= 15 is 0 Å². The van der Waals surface area contributed by atoms with Gasteiger partial charge in [0.1, 0.15) is 5.82 Å². The second-order valence-corrected chi connectivity index (χ2v) is 5.70. The van der Waals surface area contributed by atoms with Gasteiger partial charge in [0, 0.05) is 12.6 Å². The average Bonchev–Trinajstić information content (AvgIpc) is 2.39. The Kier molecular flexibility index (Phi) is 6.86. The van der Waals surface area contributed by atoms with Crippen LogP contribution in [-0.2, 0) is 0 Å². The molecule has 112 valence electrons. The Balaban J connectivity index is 2.84. The number of rotatable bonds is 8. The van der Waals surface area contributed by atoms with E-state index in [1.807, 2.05) is 0 Å². The van der Waals surface area contributed by atoms with Gasteiger partial charge in [0.15, 0.2) is 5.78 Å². The highest BCUT2D eigenvalue weighted by molar-refractivity contribution is 5.97. The fraction of sp³-hybridized carbons (Fsp3) is 0.588. The number of benzene rings is 1. The number of carbonyl (C=O) groups is 1. The fourth-order valence-corrected chi connectivity index (χ4v) is 2.57. The van der Waals surface area contributed by atoms with Gasteiger partial charge in [-0.15, -0.1) is 0 Å². The molecule has 0 aliphatic heterocycles. The highest BCUT2D eigenvalue weighted by Gasteiger charge is 2.21. The van der Waals surface area contributed by atoms with Gasteiger partial charge in [-0.3, -0.25) is 9.69 Å². The van der Waals surface area contributed by atoms with Crippen LogP contribution in [-0.4, -0.2) is 29.8 Å². The Morgan fingerprint density at radius 1 is 1.20 bits per heavy atom. The monoisotopic (exact) mass is 279 g/mol. The molecule has 3 heteroatoms. The van der Waals surface area contributed by atoms with Crippen LogP contribution in [0.3, 0.4) is 0 Å². The van der Waals surface area contributed by atoms with E-state index in [9.17, 15) is 9.18 Å². The lowest BCUT2D eigenvalue weighted by Crippen LogP contribution is -2.41. The molecule has 0 aliphatic rings. The molecule has 0 spiro atoms. The predicted molar refractivity (Wildman–Crippen MR) is 81.5 cm³/mol.